The Morgan fingerprint density at radius 1 is 1.23 bits per heavy atom. The van der Waals surface area contributed by atoms with E-state index in [4.69, 9.17) is 16.3 Å². The first kappa shape index (κ1) is 23.1. The van der Waals surface area contributed by atoms with Gasteiger partial charge in [-0.2, -0.15) is 0 Å². The molecule has 7 heteroatoms. The topological polar surface area (TPSA) is 63.6 Å². The molecule has 5 nitrogen and oxygen atoms in total. The first-order valence-corrected chi connectivity index (χ1v) is 10.9. The maximum Gasteiger partial charge on any atom is 0.270 e. The summed E-state index contributed by atoms with van der Waals surface area (Å²) in [6.45, 7) is 1.41. The van der Waals surface area contributed by atoms with Crippen molar-refractivity contribution in [3.8, 4) is 0 Å². The summed E-state index contributed by atoms with van der Waals surface area (Å²) < 4.78 is 19.4. The van der Waals surface area contributed by atoms with Gasteiger partial charge in [-0.3, -0.25) is 4.79 Å². The van der Waals surface area contributed by atoms with E-state index in [1.54, 1.807) is 24.4 Å². The Kier molecular flexibility index (Phi) is 9.18. The normalized spacial score (nSPS) is 17.4. The van der Waals surface area contributed by atoms with Gasteiger partial charge in [0.25, 0.3) is 5.91 Å². The highest BCUT2D eigenvalue weighted by Crippen LogP contribution is 2.17. The van der Waals surface area contributed by atoms with Crippen molar-refractivity contribution >= 4 is 23.7 Å². The minimum Gasteiger partial charge on any atom is -0.381 e. The number of aliphatic imine (C=N–C) groups is 1. The van der Waals surface area contributed by atoms with Crippen molar-refractivity contribution in [2.45, 2.75) is 44.6 Å². The van der Waals surface area contributed by atoms with Crippen LogP contribution in [0.5, 0.6) is 0 Å². The van der Waals surface area contributed by atoms with E-state index >= 15 is 0 Å². The van der Waals surface area contributed by atoms with Crippen LogP contribution >= 0.6 is 11.6 Å². The Labute approximate surface area is 187 Å². The molecule has 1 aromatic rings. The minimum atomic E-state index is -0.520. The van der Waals surface area contributed by atoms with Crippen LogP contribution in [0.25, 0.3) is 0 Å². The molecule has 0 radical (unpaired) electrons. The lowest BCUT2D eigenvalue weighted by molar-refractivity contribution is 0.0876. The van der Waals surface area contributed by atoms with Gasteiger partial charge in [0.05, 0.1) is 6.20 Å². The summed E-state index contributed by atoms with van der Waals surface area (Å²) in [5.74, 6) is -0.828. The monoisotopic (exact) mass is 443 g/mol. The summed E-state index contributed by atoms with van der Waals surface area (Å²) in [6, 6.07) is 8.26. The number of carbonyl (C=O) groups is 1. The number of amides is 1. The van der Waals surface area contributed by atoms with Crippen molar-refractivity contribution in [3.63, 3.8) is 0 Å². The number of halogens is 2. The lowest BCUT2D eigenvalue weighted by Crippen LogP contribution is -2.36. The molecule has 0 saturated carbocycles. The molecule has 3 heterocycles. The van der Waals surface area contributed by atoms with Crippen molar-refractivity contribution in [1.29, 1.82) is 0 Å². The second-order valence-electron chi connectivity index (χ2n) is 7.50. The predicted molar refractivity (Wildman–Crippen MR) is 121 cm³/mol. The van der Waals surface area contributed by atoms with Crippen molar-refractivity contribution in [3.05, 3.63) is 76.5 Å². The molecular formula is C24H27ClFN3O2. The summed E-state index contributed by atoms with van der Waals surface area (Å²) in [4.78, 5) is 21.3. The van der Waals surface area contributed by atoms with Crippen molar-refractivity contribution < 1.29 is 13.9 Å². The quantitative estimate of drug-likeness (QED) is 0.661. The second kappa shape index (κ2) is 12.3. The Bertz CT molecular complexity index is 921. The minimum absolute atomic E-state index is 0.0547. The molecule has 0 bridgehead atoms. The number of nitrogens with one attached hydrogen (secondary N) is 1. The van der Waals surface area contributed by atoms with Gasteiger partial charge in [-0.15, -0.1) is 0 Å². The number of rotatable bonds is 4. The van der Waals surface area contributed by atoms with E-state index in [1.165, 1.54) is 6.07 Å². The van der Waals surface area contributed by atoms with Crippen molar-refractivity contribution in [1.82, 2.24) is 10.3 Å². The molecule has 2 aliphatic rings. The van der Waals surface area contributed by atoms with Crippen LogP contribution in [0.4, 0.5) is 4.39 Å². The van der Waals surface area contributed by atoms with Crippen LogP contribution in [0.3, 0.4) is 0 Å². The number of hydrogen-bond donors (Lipinski definition) is 1. The van der Waals surface area contributed by atoms with Gasteiger partial charge in [0.2, 0.25) is 0 Å². The molecule has 3 rings (SSSR count). The van der Waals surface area contributed by atoms with Gasteiger partial charge in [-0.05, 0) is 61.4 Å². The van der Waals surface area contributed by atoms with Gasteiger partial charge in [0.1, 0.15) is 16.7 Å². The molecule has 164 valence electrons. The lowest BCUT2D eigenvalue weighted by Gasteiger charge is -2.21. The molecule has 1 fully saturated rings. The third-order valence-electron chi connectivity index (χ3n) is 4.99. The predicted octanol–water partition coefficient (Wildman–Crippen LogP) is 5.06. The van der Waals surface area contributed by atoms with Crippen LogP contribution in [0.1, 0.15) is 48.2 Å². The molecule has 1 saturated heterocycles. The van der Waals surface area contributed by atoms with E-state index in [0.29, 0.717) is 31.2 Å². The molecule has 2 aliphatic heterocycles. The highest BCUT2D eigenvalue weighted by atomic mass is 35.5. The van der Waals surface area contributed by atoms with Crippen LogP contribution in [0, 0.1) is 5.82 Å². The smallest absolute Gasteiger partial charge is 0.270 e. The Balaban J connectivity index is 1.88. The number of aromatic nitrogens is 1. The highest BCUT2D eigenvalue weighted by molar-refractivity contribution is 6.30. The summed E-state index contributed by atoms with van der Waals surface area (Å²) in [7, 11) is 0. The highest BCUT2D eigenvalue weighted by Gasteiger charge is 2.16. The third kappa shape index (κ3) is 8.23. The molecule has 0 spiro atoms. The number of carbonyl (C=O) groups excluding carboxylic acids is 1. The largest absolute Gasteiger partial charge is 0.381 e. The molecule has 0 aromatic carbocycles. The maximum absolute atomic E-state index is 13.9. The fraction of sp³-hybridized carbons (Fsp3) is 0.375. The van der Waals surface area contributed by atoms with E-state index in [0.717, 1.165) is 43.0 Å². The summed E-state index contributed by atoms with van der Waals surface area (Å²) in [6.07, 6.45) is 11.4. The lowest BCUT2D eigenvalue weighted by atomic mass is 10.0. The average molecular weight is 444 g/mol. The first-order chi connectivity index (χ1) is 15.1. The standard InChI is InChI=1S/C24H27ClFN3O2/c25-23-16-19(7-3-11-27-23)14-18-6-1-2-8-20(26)17-28-22(15-18)24(30)29-21-9-4-12-31-13-5-10-21/h1-2,6-8,11,15-17,21H,3-5,9-10,12-14H2,(H,29,30). The Morgan fingerprint density at radius 3 is 2.81 bits per heavy atom. The van der Waals surface area contributed by atoms with Crippen LogP contribution < -0.4 is 5.32 Å². The summed E-state index contributed by atoms with van der Waals surface area (Å²) in [5.41, 5.74) is 2.01. The van der Waals surface area contributed by atoms with Crippen LogP contribution in [-0.4, -0.2) is 36.4 Å². The van der Waals surface area contributed by atoms with Crippen molar-refractivity contribution in [2.24, 2.45) is 4.99 Å². The molecule has 1 aromatic heterocycles. The first-order valence-electron chi connectivity index (χ1n) is 10.6. The fourth-order valence-electron chi connectivity index (χ4n) is 3.46. The SMILES string of the molecule is O=C(NC1CCCOCCC1)c1cc(CC2=CCC=NC(Cl)=C2)ccccc(F)cn1. The zero-order valence-electron chi connectivity index (χ0n) is 17.4. The molecule has 1 amide bonds. The van der Waals surface area contributed by atoms with Gasteiger partial charge >= 0.3 is 0 Å². The molecular weight excluding hydrogens is 417 g/mol. The van der Waals surface area contributed by atoms with E-state index in [2.05, 4.69) is 15.3 Å². The Morgan fingerprint density at radius 2 is 2.00 bits per heavy atom. The van der Waals surface area contributed by atoms with Gasteiger partial charge in [0.15, 0.2) is 0 Å². The Hall–Kier alpha value is -2.57. The molecule has 0 aliphatic carbocycles. The number of allylic oxidation sites excluding steroid dienone is 3. The second-order valence-corrected chi connectivity index (χ2v) is 7.89. The maximum atomic E-state index is 13.9. The van der Waals surface area contributed by atoms with Crippen LogP contribution in [0.2, 0.25) is 0 Å². The van der Waals surface area contributed by atoms with Gasteiger partial charge in [-0.25, -0.2) is 14.4 Å². The third-order valence-corrected chi connectivity index (χ3v) is 5.20. The molecule has 31 heavy (non-hydrogen) atoms. The summed E-state index contributed by atoms with van der Waals surface area (Å²) >= 11 is 6.10. The van der Waals surface area contributed by atoms with E-state index in [-0.39, 0.29) is 17.6 Å². The van der Waals surface area contributed by atoms with E-state index < -0.39 is 5.82 Å². The van der Waals surface area contributed by atoms with E-state index in [9.17, 15) is 9.18 Å². The zero-order valence-corrected chi connectivity index (χ0v) is 18.2. The average Bonchev–Trinajstić information content (AvgIpc) is 2.93. The molecule has 0 unspecified atom stereocenters. The van der Waals surface area contributed by atoms with Gasteiger partial charge in [0, 0.05) is 31.9 Å². The van der Waals surface area contributed by atoms with Crippen LogP contribution in [0.15, 0.2) is 64.4 Å². The van der Waals surface area contributed by atoms with Gasteiger partial charge < -0.3 is 10.1 Å². The van der Waals surface area contributed by atoms with Gasteiger partial charge in [-0.1, -0.05) is 35.9 Å². The summed E-state index contributed by atoms with van der Waals surface area (Å²) in [5, 5.41) is 3.48. The van der Waals surface area contributed by atoms with Crippen LogP contribution in [-0.2, 0) is 11.2 Å². The zero-order chi connectivity index (χ0) is 21.9. The number of hydrogen-bond acceptors (Lipinski definition) is 4. The molecule has 1 N–H and O–H groups in total. The number of nitrogens with zero attached hydrogens (tertiary/aromatic N) is 2. The van der Waals surface area contributed by atoms with Crippen molar-refractivity contribution in [2.75, 3.05) is 13.2 Å². The fourth-order valence-corrected chi connectivity index (χ4v) is 3.67. The number of ether oxygens (including phenoxy) is 1. The van der Waals surface area contributed by atoms with E-state index in [1.807, 2.05) is 18.2 Å². The molecule has 0 atom stereocenters.